The summed E-state index contributed by atoms with van der Waals surface area (Å²) in [4.78, 5) is 40.1. The van der Waals surface area contributed by atoms with Crippen molar-refractivity contribution in [2.75, 3.05) is 0 Å². The van der Waals surface area contributed by atoms with Gasteiger partial charge in [0, 0.05) is 16.7 Å². The molecule has 1 unspecified atom stereocenters. The van der Waals surface area contributed by atoms with Gasteiger partial charge in [0.1, 0.15) is 12.2 Å². The first kappa shape index (κ1) is 24.9. The molecule has 0 amide bonds. The Labute approximate surface area is 205 Å². The van der Waals surface area contributed by atoms with E-state index in [-0.39, 0.29) is 16.7 Å². The maximum absolute atomic E-state index is 13.6. The maximum Gasteiger partial charge on any atom is 0.287 e. The summed E-state index contributed by atoms with van der Waals surface area (Å²) in [7, 11) is 0. The molecule has 1 fully saturated rings. The predicted octanol–water partition coefficient (Wildman–Crippen LogP) is 1.74. The van der Waals surface area contributed by atoms with E-state index in [9.17, 15) is 34.8 Å². The Bertz CT molecular complexity index is 1250. The number of benzene rings is 3. The van der Waals surface area contributed by atoms with Gasteiger partial charge in [0.15, 0.2) is 11.4 Å². The average Bonchev–Trinajstić information content (AvgIpc) is 3.07. The number of halogens is 1. The van der Waals surface area contributed by atoms with E-state index in [1.54, 1.807) is 18.2 Å². The van der Waals surface area contributed by atoms with Crippen molar-refractivity contribution >= 4 is 29.0 Å². The van der Waals surface area contributed by atoms with E-state index in [4.69, 9.17) is 16.3 Å². The molecule has 0 aromatic heterocycles. The average molecular weight is 497 g/mol. The van der Waals surface area contributed by atoms with Crippen LogP contribution in [-0.2, 0) is 4.74 Å². The van der Waals surface area contributed by atoms with Gasteiger partial charge in [-0.05, 0) is 0 Å². The molecule has 0 aliphatic carbocycles. The minimum absolute atomic E-state index is 0.0129. The largest absolute Gasteiger partial charge is 0.382 e. The first-order chi connectivity index (χ1) is 16.6. The van der Waals surface area contributed by atoms with Gasteiger partial charge in [0.2, 0.25) is 17.2 Å². The molecule has 0 spiro atoms. The molecule has 3 aromatic carbocycles. The first-order valence-electron chi connectivity index (χ1n) is 10.6. The number of aliphatic hydroxyl groups is 4. The normalized spacial score (nSPS) is 28.9. The molecule has 5 atom stereocenters. The predicted molar refractivity (Wildman–Crippen MR) is 124 cm³/mol. The minimum Gasteiger partial charge on any atom is -0.382 e. The topological polar surface area (TPSA) is 141 Å². The Kier molecular flexibility index (Phi) is 6.46. The van der Waals surface area contributed by atoms with Crippen LogP contribution >= 0.6 is 11.6 Å². The summed E-state index contributed by atoms with van der Waals surface area (Å²) in [6.07, 6.45) is -4.64. The number of Topliss-reactive ketones (excluding diaryl/α,β-unsaturated/α-hetero) is 3. The summed E-state index contributed by atoms with van der Waals surface area (Å²) in [5.74, 6) is -3.66. The lowest BCUT2D eigenvalue weighted by molar-refractivity contribution is -0.197. The van der Waals surface area contributed by atoms with Crippen LogP contribution in [0.4, 0.5) is 0 Å². The minimum atomic E-state index is -3.53. The van der Waals surface area contributed by atoms with Crippen molar-refractivity contribution in [2.45, 2.75) is 28.7 Å². The quantitative estimate of drug-likeness (QED) is 0.286. The number of rotatable bonds is 7. The Hall–Kier alpha value is -3.24. The molecule has 9 heteroatoms. The molecule has 1 aliphatic heterocycles. The molecule has 1 heterocycles. The molecular weight excluding hydrogens is 476 g/mol. The third-order valence-corrected chi connectivity index (χ3v) is 6.42. The van der Waals surface area contributed by atoms with Crippen LogP contribution in [0.15, 0.2) is 91.0 Å². The first-order valence-corrected chi connectivity index (χ1v) is 10.9. The Morgan fingerprint density at radius 1 is 0.714 bits per heavy atom. The molecule has 0 radical (unpaired) electrons. The highest BCUT2D eigenvalue weighted by Gasteiger charge is 2.81. The van der Waals surface area contributed by atoms with E-state index in [0.717, 1.165) is 0 Å². The monoisotopic (exact) mass is 496 g/mol. The Morgan fingerprint density at radius 2 is 1.11 bits per heavy atom. The molecular formula is C26H21ClO8. The summed E-state index contributed by atoms with van der Waals surface area (Å²) >= 11 is 6.05. The summed E-state index contributed by atoms with van der Waals surface area (Å²) in [5, 5.41) is 41.9. The number of hydrogen-bond acceptors (Lipinski definition) is 8. The molecule has 8 nitrogen and oxygen atoms in total. The number of hydrogen-bond donors (Lipinski definition) is 4. The molecule has 4 N–H and O–H groups in total. The number of alkyl halides is 1. The summed E-state index contributed by atoms with van der Waals surface area (Å²) in [6.45, 7) is 0. The van der Waals surface area contributed by atoms with E-state index in [2.05, 4.69) is 0 Å². The van der Waals surface area contributed by atoms with Crippen LogP contribution in [0.1, 0.15) is 31.1 Å². The molecule has 0 saturated carbocycles. The van der Waals surface area contributed by atoms with Crippen LogP contribution in [0.25, 0.3) is 0 Å². The molecule has 0 bridgehead atoms. The number of carbonyl (C=O) groups is 3. The lowest BCUT2D eigenvalue weighted by Crippen LogP contribution is -2.71. The summed E-state index contributed by atoms with van der Waals surface area (Å²) < 4.78 is 5.18. The van der Waals surface area contributed by atoms with Gasteiger partial charge in [-0.15, -0.1) is 0 Å². The second-order valence-corrected chi connectivity index (χ2v) is 8.65. The fourth-order valence-corrected chi connectivity index (χ4v) is 4.52. The molecule has 1 saturated heterocycles. The Morgan fingerprint density at radius 3 is 1.57 bits per heavy atom. The summed E-state index contributed by atoms with van der Waals surface area (Å²) in [5.41, 5.74) is -7.35. The van der Waals surface area contributed by atoms with Crippen LogP contribution in [0.5, 0.6) is 0 Å². The second kappa shape index (κ2) is 9.09. The third kappa shape index (κ3) is 3.81. The lowest BCUT2D eigenvalue weighted by atomic mass is 9.70. The second-order valence-electron chi connectivity index (χ2n) is 8.14. The van der Waals surface area contributed by atoms with Gasteiger partial charge >= 0.3 is 0 Å². The van der Waals surface area contributed by atoms with Gasteiger partial charge in [-0.1, -0.05) is 103 Å². The van der Waals surface area contributed by atoms with Crippen molar-refractivity contribution in [1.82, 2.24) is 0 Å². The zero-order valence-electron chi connectivity index (χ0n) is 18.1. The molecule has 35 heavy (non-hydrogen) atoms. The summed E-state index contributed by atoms with van der Waals surface area (Å²) in [6, 6.07) is 21.4. The number of ether oxygens (including phenoxy) is 1. The van der Waals surface area contributed by atoms with Crippen molar-refractivity contribution in [3.05, 3.63) is 108 Å². The number of carbonyl (C=O) groups excluding carboxylic acids is 3. The van der Waals surface area contributed by atoms with Crippen LogP contribution in [0.2, 0.25) is 0 Å². The number of ketones is 3. The molecule has 180 valence electrons. The van der Waals surface area contributed by atoms with E-state index < -0.39 is 46.0 Å². The van der Waals surface area contributed by atoms with Crippen molar-refractivity contribution in [3.63, 3.8) is 0 Å². The molecule has 4 rings (SSSR count). The van der Waals surface area contributed by atoms with Crippen LogP contribution in [0.3, 0.4) is 0 Å². The van der Waals surface area contributed by atoms with Crippen LogP contribution in [-0.4, -0.2) is 66.4 Å². The van der Waals surface area contributed by atoms with Gasteiger partial charge in [0.05, 0.1) is 0 Å². The highest BCUT2D eigenvalue weighted by Crippen LogP contribution is 2.52. The standard InChI is InChI=1S/C26H21ClO8/c27-26(34)25(33,22(31)18-14-8-3-9-15-18)24(32,21(30)17-12-6-2-7-13-17)23(35-26)20(29)19(28)16-10-4-1-5-11-16/h1-15,20,23,29,32-34H/t20?,23-,24-,25-,26+/m1/s1. The zero-order chi connectivity index (χ0) is 25.4. The SMILES string of the molecule is O=C(c1ccccc1)C(O)[C@H]1O[C@](O)(Cl)[C@@](O)(C(=O)c2ccccc2)[C@@]1(O)C(=O)c1ccccc1. The molecule has 1 aliphatic rings. The van der Waals surface area contributed by atoms with Crippen molar-refractivity contribution in [1.29, 1.82) is 0 Å². The molecule has 3 aromatic rings. The van der Waals surface area contributed by atoms with Gasteiger partial charge in [-0.2, -0.15) is 0 Å². The van der Waals surface area contributed by atoms with Crippen LogP contribution in [0, 0.1) is 0 Å². The van der Waals surface area contributed by atoms with Gasteiger partial charge < -0.3 is 25.2 Å². The highest BCUT2D eigenvalue weighted by molar-refractivity contribution is 6.28. The van der Waals surface area contributed by atoms with E-state index in [1.807, 2.05) is 0 Å². The fourth-order valence-electron chi connectivity index (χ4n) is 4.20. The van der Waals surface area contributed by atoms with E-state index >= 15 is 0 Å². The van der Waals surface area contributed by atoms with Crippen LogP contribution < -0.4 is 0 Å². The van der Waals surface area contributed by atoms with E-state index in [1.165, 1.54) is 72.8 Å². The third-order valence-electron chi connectivity index (χ3n) is 6.05. The van der Waals surface area contributed by atoms with Gasteiger partial charge in [-0.3, -0.25) is 14.4 Å². The maximum atomic E-state index is 13.6. The van der Waals surface area contributed by atoms with Gasteiger partial charge in [0.25, 0.3) is 5.25 Å². The van der Waals surface area contributed by atoms with Crippen molar-refractivity contribution < 1.29 is 39.5 Å². The fraction of sp³-hybridized carbons (Fsp3) is 0.192. The van der Waals surface area contributed by atoms with Gasteiger partial charge in [-0.25, -0.2) is 0 Å². The van der Waals surface area contributed by atoms with Crippen molar-refractivity contribution in [2.24, 2.45) is 0 Å². The Balaban J connectivity index is 1.91. The highest BCUT2D eigenvalue weighted by atomic mass is 35.5. The van der Waals surface area contributed by atoms with Crippen molar-refractivity contribution in [3.8, 4) is 0 Å². The lowest BCUT2D eigenvalue weighted by Gasteiger charge is -2.39. The zero-order valence-corrected chi connectivity index (χ0v) is 18.9. The van der Waals surface area contributed by atoms with E-state index in [0.29, 0.717) is 0 Å². The number of aliphatic hydroxyl groups excluding tert-OH is 1. The smallest absolute Gasteiger partial charge is 0.287 e.